The van der Waals surface area contributed by atoms with E-state index < -0.39 is 39.0 Å². The van der Waals surface area contributed by atoms with Gasteiger partial charge in [0.05, 0.1) is 17.0 Å². The van der Waals surface area contributed by atoms with Gasteiger partial charge in [-0.05, 0) is 80.1 Å². The van der Waals surface area contributed by atoms with Crippen molar-refractivity contribution in [2.75, 3.05) is 23.7 Å². The van der Waals surface area contributed by atoms with Gasteiger partial charge in [0.25, 0.3) is 5.91 Å². The molecule has 14 heteroatoms. The molecule has 42 heavy (non-hydrogen) atoms. The van der Waals surface area contributed by atoms with Crippen LogP contribution in [-0.4, -0.2) is 60.7 Å². The van der Waals surface area contributed by atoms with Crippen LogP contribution in [0.4, 0.5) is 23.2 Å². The Labute approximate surface area is 239 Å². The summed E-state index contributed by atoms with van der Waals surface area (Å²) in [6.07, 6.45) is -4.36. The predicted octanol–water partition coefficient (Wildman–Crippen LogP) is 3.40. The number of hydrogen-bond acceptors (Lipinski definition) is 6. The molecule has 2 saturated heterocycles. The zero-order chi connectivity index (χ0) is 30.6. The molecule has 5 rings (SSSR count). The van der Waals surface area contributed by atoms with Crippen LogP contribution in [-0.2, 0) is 37.0 Å². The van der Waals surface area contributed by atoms with E-state index in [2.05, 4.69) is 10.3 Å². The van der Waals surface area contributed by atoms with Gasteiger partial charge in [-0.3, -0.25) is 24.3 Å². The van der Waals surface area contributed by atoms with Crippen LogP contribution in [0.5, 0.6) is 0 Å². The van der Waals surface area contributed by atoms with Crippen LogP contribution >= 0.6 is 0 Å². The van der Waals surface area contributed by atoms with Gasteiger partial charge >= 0.3 is 6.18 Å². The third kappa shape index (κ3) is 5.44. The Morgan fingerprint density at radius 1 is 0.976 bits per heavy atom. The normalized spacial score (nSPS) is 19.5. The molecule has 3 aliphatic rings. The van der Waals surface area contributed by atoms with Crippen molar-refractivity contribution in [3.63, 3.8) is 0 Å². The number of sulfonamides is 1. The molecule has 0 radical (unpaired) electrons. The van der Waals surface area contributed by atoms with Crippen LogP contribution in [0.3, 0.4) is 0 Å². The minimum absolute atomic E-state index is 0.0141. The molecular formula is C28H28F4N4O5S. The minimum atomic E-state index is -4.92. The van der Waals surface area contributed by atoms with Gasteiger partial charge in [0.2, 0.25) is 21.8 Å². The maximum Gasteiger partial charge on any atom is 0.419 e. The van der Waals surface area contributed by atoms with Gasteiger partial charge in [-0.25, -0.2) is 17.1 Å². The average molecular weight is 609 g/mol. The monoisotopic (exact) mass is 608 g/mol. The van der Waals surface area contributed by atoms with Gasteiger partial charge < -0.3 is 5.32 Å². The molecule has 2 aromatic rings. The number of piperidine rings is 1. The molecule has 0 saturated carbocycles. The molecule has 0 bridgehead atoms. The Morgan fingerprint density at radius 3 is 2.14 bits per heavy atom. The van der Waals surface area contributed by atoms with Gasteiger partial charge in [-0.1, -0.05) is 0 Å². The van der Waals surface area contributed by atoms with E-state index >= 15 is 0 Å². The summed E-state index contributed by atoms with van der Waals surface area (Å²) in [6.45, 7) is 3.56. The van der Waals surface area contributed by atoms with Crippen LogP contribution in [0.1, 0.15) is 53.5 Å². The zero-order valence-corrected chi connectivity index (χ0v) is 23.7. The summed E-state index contributed by atoms with van der Waals surface area (Å²) in [5.41, 5.74) is -0.140. The molecule has 224 valence electrons. The molecule has 1 N–H and O–H groups in total. The van der Waals surface area contributed by atoms with Gasteiger partial charge in [-0.15, -0.1) is 0 Å². The highest BCUT2D eigenvalue weighted by Crippen LogP contribution is 2.35. The first-order chi connectivity index (χ1) is 19.6. The van der Waals surface area contributed by atoms with Crippen LogP contribution in [0.15, 0.2) is 35.3 Å². The highest BCUT2D eigenvalue weighted by molar-refractivity contribution is 7.89. The second-order valence-electron chi connectivity index (χ2n) is 10.8. The molecule has 2 aromatic carbocycles. The largest absolute Gasteiger partial charge is 0.419 e. The summed E-state index contributed by atoms with van der Waals surface area (Å²) < 4.78 is 80.9. The first-order valence-electron chi connectivity index (χ1n) is 13.3. The number of nitrogens with zero attached hydrogens (tertiary/aromatic N) is 3. The Morgan fingerprint density at radius 2 is 1.57 bits per heavy atom. The van der Waals surface area contributed by atoms with Gasteiger partial charge in [-0.2, -0.15) is 13.2 Å². The van der Waals surface area contributed by atoms with Gasteiger partial charge in [0, 0.05) is 31.5 Å². The van der Waals surface area contributed by atoms with E-state index in [1.807, 2.05) is 0 Å². The molecule has 0 atom stereocenters. The smallest absolute Gasteiger partial charge is 0.308 e. The van der Waals surface area contributed by atoms with E-state index in [9.17, 15) is 40.4 Å². The number of aliphatic imine (C=N–C) groups is 1. The minimum Gasteiger partial charge on any atom is -0.308 e. The van der Waals surface area contributed by atoms with Crippen LogP contribution in [0.25, 0.3) is 0 Å². The van der Waals surface area contributed by atoms with Crippen molar-refractivity contribution in [3.8, 4) is 0 Å². The SMILES string of the molecule is Cc1cc(N2C(=O)CCC2=O)cc(C)c1CCS(=O)(=O)N1CCC2(CC1)N=C(c1ccc(F)c(C(F)(F)F)c1)NC2=O. The van der Waals surface area contributed by atoms with E-state index in [-0.39, 0.29) is 74.2 Å². The van der Waals surface area contributed by atoms with Gasteiger partial charge in [0.1, 0.15) is 17.2 Å². The lowest BCUT2D eigenvalue weighted by Gasteiger charge is -2.34. The lowest BCUT2D eigenvalue weighted by molar-refractivity contribution is -0.140. The summed E-state index contributed by atoms with van der Waals surface area (Å²) in [7, 11) is -3.75. The third-order valence-corrected chi connectivity index (χ3v) is 9.94. The summed E-state index contributed by atoms with van der Waals surface area (Å²) >= 11 is 0. The number of rotatable bonds is 6. The topological polar surface area (TPSA) is 116 Å². The van der Waals surface area contributed by atoms with Crippen molar-refractivity contribution >= 4 is 39.3 Å². The highest BCUT2D eigenvalue weighted by atomic mass is 32.2. The summed E-state index contributed by atoms with van der Waals surface area (Å²) in [4.78, 5) is 42.6. The fraction of sp³-hybridized carbons (Fsp3) is 0.429. The Hall–Kier alpha value is -3.65. The van der Waals surface area contributed by atoms with Crippen LogP contribution < -0.4 is 10.2 Å². The molecule has 1 spiro atoms. The van der Waals surface area contributed by atoms with E-state index in [4.69, 9.17) is 0 Å². The second-order valence-corrected chi connectivity index (χ2v) is 12.9. The Kier molecular flexibility index (Phi) is 7.50. The first-order valence-corrected chi connectivity index (χ1v) is 14.9. The molecule has 3 amide bonds. The fourth-order valence-corrected chi connectivity index (χ4v) is 7.19. The molecule has 3 heterocycles. The molecule has 0 aliphatic carbocycles. The average Bonchev–Trinajstić information content (AvgIpc) is 3.41. The number of amidine groups is 1. The number of aryl methyl sites for hydroxylation is 2. The van der Waals surface area contributed by atoms with Crippen molar-refractivity contribution < 1.29 is 40.4 Å². The van der Waals surface area contributed by atoms with Crippen molar-refractivity contribution in [2.24, 2.45) is 4.99 Å². The first kappa shape index (κ1) is 29.8. The number of imide groups is 1. The van der Waals surface area contributed by atoms with E-state index in [1.165, 1.54) is 4.31 Å². The number of halogens is 4. The van der Waals surface area contributed by atoms with E-state index in [1.54, 1.807) is 26.0 Å². The van der Waals surface area contributed by atoms with E-state index in [0.29, 0.717) is 17.8 Å². The van der Waals surface area contributed by atoms with Crippen LogP contribution in [0, 0.1) is 19.7 Å². The number of carbonyl (C=O) groups excluding carboxylic acids is 3. The van der Waals surface area contributed by atoms with Crippen molar-refractivity contribution in [1.82, 2.24) is 9.62 Å². The van der Waals surface area contributed by atoms with Crippen LogP contribution in [0.2, 0.25) is 0 Å². The number of hydrogen-bond donors (Lipinski definition) is 1. The molecule has 0 unspecified atom stereocenters. The maximum absolute atomic E-state index is 13.7. The van der Waals surface area contributed by atoms with E-state index in [0.717, 1.165) is 27.7 Å². The Balaban J connectivity index is 1.26. The number of nitrogens with one attached hydrogen (secondary N) is 1. The fourth-order valence-electron chi connectivity index (χ4n) is 5.73. The molecular weight excluding hydrogens is 580 g/mol. The molecule has 9 nitrogen and oxygen atoms in total. The number of benzene rings is 2. The summed E-state index contributed by atoms with van der Waals surface area (Å²) in [6, 6.07) is 5.75. The number of alkyl halides is 3. The number of amides is 3. The number of carbonyl (C=O) groups is 3. The molecule has 0 aromatic heterocycles. The molecule has 3 aliphatic heterocycles. The lowest BCUT2D eigenvalue weighted by atomic mass is 9.89. The standard InChI is InChI=1S/C28H28F4N4O5S/c1-16-13-19(36-23(37)5-6-24(36)38)14-17(2)20(16)7-12-42(40,41)35-10-8-27(9-11-35)26(39)33-25(34-27)18-3-4-22(29)21(15-18)28(30,31)32/h3-4,13-15H,5-12H2,1-2H3,(H,33,34,39). The third-order valence-electron chi connectivity index (χ3n) is 8.07. The van der Waals surface area contributed by atoms with Crippen molar-refractivity contribution in [2.45, 2.75) is 57.7 Å². The van der Waals surface area contributed by atoms with Crippen molar-refractivity contribution in [1.29, 1.82) is 0 Å². The summed E-state index contributed by atoms with van der Waals surface area (Å²) in [5.74, 6) is -2.86. The summed E-state index contributed by atoms with van der Waals surface area (Å²) in [5, 5.41) is 2.48. The second kappa shape index (κ2) is 10.6. The molecule has 2 fully saturated rings. The quantitative estimate of drug-likeness (QED) is 0.399. The van der Waals surface area contributed by atoms with Gasteiger partial charge in [0.15, 0.2) is 0 Å². The Bertz CT molecular complexity index is 1590. The zero-order valence-electron chi connectivity index (χ0n) is 22.8. The van der Waals surface area contributed by atoms with Crippen molar-refractivity contribution in [3.05, 3.63) is 64.0 Å². The number of anilines is 1. The lowest BCUT2D eigenvalue weighted by Crippen LogP contribution is -2.50. The highest BCUT2D eigenvalue weighted by Gasteiger charge is 2.48. The maximum atomic E-state index is 13.7. The predicted molar refractivity (Wildman–Crippen MR) is 145 cm³/mol.